The summed E-state index contributed by atoms with van der Waals surface area (Å²) in [5.74, 6) is 0.811. The second-order valence-electron chi connectivity index (χ2n) is 9.67. The van der Waals surface area contributed by atoms with Crippen molar-refractivity contribution in [3.8, 4) is 11.4 Å². The fourth-order valence-corrected chi connectivity index (χ4v) is 4.02. The van der Waals surface area contributed by atoms with E-state index in [-0.39, 0.29) is 23.8 Å². The second kappa shape index (κ2) is 10.2. The first-order valence-corrected chi connectivity index (χ1v) is 12.0. The number of aromatic nitrogens is 2. The first-order chi connectivity index (χ1) is 17.2. The average Bonchev–Trinajstić information content (AvgIpc) is 3.30. The second-order valence-corrected chi connectivity index (χ2v) is 9.67. The topological polar surface area (TPSA) is 76.5 Å². The molecular formula is C29H32N4O3. The summed E-state index contributed by atoms with van der Waals surface area (Å²) in [6, 6.07) is 22.8. The third kappa shape index (κ3) is 5.25. The third-order valence-electron chi connectivity index (χ3n) is 6.09. The van der Waals surface area contributed by atoms with E-state index >= 15 is 0 Å². The van der Waals surface area contributed by atoms with Gasteiger partial charge in [0.2, 0.25) is 5.91 Å². The number of fused-ring (bicyclic) bond motifs is 1. The Labute approximate surface area is 211 Å². The zero-order chi connectivity index (χ0) is 25.9. The van der Waals surface area contributed by atoms with Gasteiger partial charge in [0.1, 0.15) is 18.1 Å². The molecule has 0 aliphatic carbocycles. The molecule has 186 valence electrons. The van der Waals surface area contributed by atoms with Gasteiger partial charge in [-0.1, -0.05) is 57.2 Å². The number of likely N-dealkylation sites (N-methyl/N-ethyl adjacent to an activating group) is 1. The van der Waals surface area contributed by atoms with Crippen LogP contribution >= 0.6 is 0 Å². The lowest BCUT2D eigenvalue weighted by Gasteiger charge is -2.21. The number of nitrogens with zero attached hydrogens (tertiary/aromatic N) is 3. The minimum Gasteiger partial charge on any atom is -0.497 e. The first kappa shape index (κ1) is 25.0. The number of nitrogens with one attached hydrogen (secondary N) is 1. The van der Waals surface area contributed by atoms with Crippen molar-refractivity contribution >= 4 is 28.4 Å². The van der Waals surface area contributed by atoms with E-state index in [1.807, 2.05) is 73.7 Å². The maximum atomic E-state index is 13.4. The number of rotatable bonds is 7. The normalized spacial score (nSPS) is 11.4. The quantitative estimate of drug-likeness (QED) is 0.379. The molecule has 0 aliphatic rings. The van der Waals surface area contributed by atoms with E-state index in [0.717, 1.165) is 27.9 Å². The van der Waals surface area contributed by atoms with Crippen LogP contribution in [-0.2, 0) is 10.2 Å². The van der Waals surface area contributed by atoms with E-state index in [4.69, 9.17) is 9.84 Å². The van der Waals surface area contributed by atoms with Gasteiger partial charge in [0, 0.05) is 23.6 Å². The van der Waals surface area contributed by atoms with Crippen molar-refractivity contribution in [2.45, 2.75) is 33.1 Å². The molecule has 3 aromatic carbocycles. The molecule has 4 rings (SSSR count). The van der Waals surface area contributed by atoms with E-state index in [1.54, 1.807) is 22.8 Å². The lowest BCUT2D eigenvalue weighted by atomic mass is 9.92. The van der Waals surface area contributed by atoms with Gasteiger partial charge in [-0.3, -0.25) is 9.59 Å². The van der Waals surface area contributed by atoms with Crippen LogP contribution in [0.25, 0.3) is 16.5 Å². The number of hydrogen-bond acceptors (Lipinski definition) is 4. The van der Waals surface area contributed by atoms with Crippen LogP contribution in [0.1, 0.15) is 43.7 Å². The summed E-state index contributed by atoms with van der Waals surface area (Å²) in [5, 5.41) is 9.59. The van der Waals surface area contributed by atoms with Crippen LogP contribution in [0, 0.1) is 0 Å². The molecule has 4 aromatic rings. The fraction of sp³-hybridized carbons (Fsp3) is 0.276. The van der Waals surface area contributed by atoms with E-state index in [9.17, 15) is 9.59 Å². The molecule has 0 fully saturated rings. The van der Waals surface area contributed by atoms with Crippen molar-refractivity contribution in [3.05, 3.63) is 84.1 Å². The molecule has 7 heteroatoms. The molecule has 36 heavy (non-hydrogen) atoms. The van der Waals surface area contributed by atoms with Crippen molar-refractivity contribution in [3.63, 3.8) is 0 Å². The highest BCUT2D eigenvalue weighted by atomic mass is 16.5. The van der Waals surface area contributed by atoms with Crippen LogP contribution in [0.4, 0.5) is 5.82 Å². The number of ether oxygens (including phenoxy) is 1. The van der Waals surface area contributed by atoms with Crippen LogP contribution < -0.4 is 10.1 Å². The summed E-state index contributed by atoms with van der Waals surface area (Å²) >= 11 is 0. The Bertz CT molecular complexity index is 1380. The predicted octanol–water partition coefficient (Wildman–Crippen LogP) is 5.43. The predicted molar refractivity (Wildman–Crippen MR) is 143 cm³/mol. The van der Waals surface area contributed by atoms with E-state index in [0.29, 0.717) is 17.9 Å². The molecule has 0 bridgehead atoms. The number of anilines is 1. The Hall–Kier alpha value is -4.13. The molecule has 2 amide bonds. The maximum Gasteiger partial charge on any atom is 0.254 e. The van der Waals surface area contributed by atoms with Crippen LogP contribution in [0.5, 0.6) is 5.75 Å². The lowest BCUT2D eigenvalue weighted by Crippen LogP contribution is -2.38. The van der Waals surface area contributed by atoms with Crippen molar-refractivity contribution in [2.75, 3.05) is 25.5 Å². The summed E-state index contributed by atoms with van der Waals surface area (Å²) in [6.07, 6.45) is 0. The molecular weight excluding hydrogens is 452 g/mol. The largest absolute Gasteiger partial charge is 0.497 e. The van der Waals surface area contributed by atoms with Crippen LogP contribution in [0.2, 0.25) is 0 Å². The maximum absolute atomic E-state index is 13.4. The molecule has 0 unspecified atom stereocenters. The highest BCUT2D eigenvalue weighted by Gasteiger charge is 2.23. The molecule has 0 saturated carbocycles. The monoisotopic (exact) mass is 484 g/mol. The Morgan fingerprint density at radius 3 is 2.36 bits per heavy atom. The van der Waals surface area contributed by atoms with Crippen molar-refractivity contribution < 1.29 is 14.3 Å². The van der Waals surface area contributed by atoms with E-state index in [2.05, 4.69) is 26.1 Å². The first-order valence-electron chi connectivity index (χ1n) is 12.0. The Balaban J connectivity index is 1.58. The van der Waals surface area contributed by atoms with Gasteiger partial charge in [-0.05, 0) is 48.0 Å². The molecule has 1 N–H and O–H groups in total. The van der Waals surface area contributed by atoms with E-state index < -0.39 is 0 Å². The molecule has 1 heterocycles. The lowest BCUT2D eigenvalue weighted by molar-refractivity contribution is -0.116. The summed E-state index contributed by atoms with van der Waals surface area (Å²) in [7, 11) is 1.62. The smallest absolute Gasteiger partial charge is 0.254 e. The summed E-state index contributed by atoms with van der Waals surface area (Å²) in [6.45, 7) is 8.41. The summed E-state index contributed by atoms with van der Waals surface area (Å²) in [4.78, 5) is 28.1. The molecule has 0 spiro atoms. The number of hydrogen-bond donors (Lipinski definition) is 1. The number of carbonyl (C=O) groups is 2. The molecule has 1 aromatic heterocycles. The number of amides is 2. The summed E-state index contributed by atoms with van der Waals surface area (Å²) < 4.78 is 6.97. The highest BCUT2D eigenvalue weighted by Crippen LogP contribution is 2.27. The van der Waals surface area contributed by atoms with Gasteiger partial charge < -0.3 is 15.0 Å². The SMILES string of the molecule is CCN(CC(=O)Nc1cc(C(C)(C)C)nn1-c1ccc(OC)cc1)C(=O)c1cccc2ccccc12. The van der Waals surface area contributed by atoms with Gasteiger partial charge in [0.25, 0.3) is 5.91 Å². The molecule has 0 radical (unpaired) electrons. The number of benzene rings is 3. The van der Waals surface area contributed by atoms with E-state index in [1.165, 1.54) is 0 Å². The molecule has 0 atom stereocenters. The van der Waals surface area contributed by atoms with Gasteiger partial charge in [-0.25, -0.2) is 4.68 Å². The van der Waals surface area contributed by atoms with Gasteiger partial charge >= 0.3 is 0 Å². The van der Waals surface area contributed by atoms with Gasteiger partial charge in [-0.15, -0.1) is 0 Å². The third-order valence-corrected chi connectivity index (χ3v) is 6.09. The molecule has 0 aliphatic heterocycles. The molecule has 7 nitrogen and oxygen atoms in total. The zero-order valence-electron chi connectivity index (χ0n) is 21.4. The minimum absolute atomic E-state index is 0.0722. The highest BCUT2D eigenvalue weighted by molar-refractivity contribution is 6.08. The standard InChI is InChI=1S/C29H32N4O3/c1-6-32(28(35)24-13-9-11-20-10-7-8-12-23(20)24)19-27(34)30-26-18-25(29(2,3)4)31-33(26)21-14-16-22(36-5)17-15-21/h7-18H,6,19H2,1-5H3,(H,30,34). The average molecular weight is 485 g/mol. The van der Waals surface area contributed by atoms with Gasteiger partial charge in [0.05, 0.1) is 18.5 Å². The Kier molecular flexibility index (Phi) is 7.10. The fourth-order valence-electron chi connectivity index (χ4n) is 4.02. The van der Waals surface area contributed by atoms with Gasteiger partial charge in [0.15, 0.2) is 0 Å². The van der Waals surface area contributed by atoms with Gasteiger partial charge in [-0.2, -0.15) is 5.10 Å². The number of methoxy groups -OCH3 is 1. The Morgan fingerprint density at radius 2 is 1.69 bits per heavy atom. The summed E-state index contributed by atoms with van der Waals surface area (Å²) in [5.41, 5.74) is 2.01. The number of carbonyl (C=O) groups excluding carboxylic acids is 2. The van der Waals surface area contributed by atoms with Crippen molar-refractivity contribution in [1.29, 1.82) is 0 Å². The minimum atomic E-state index is -0.291. The van der Waals surface area contributed by atoms with Crippen LogP contribution in [0.15, 0.2) is 72.8 Å². The Morgan fingerprint density at radius 1 is 1.00 bits per heavy atom. The van der Waals surface area contributed by atoms with Crippen LogP contribution in [-0.4, -0.2) is 46.7 Å². The zero-order valence-corrected chi connectivity index (χ0v) is 21.4. The van der Waals surface area contributed by atoms with Crippen LogP contribution in [0.3, 0.4) is 0 Å². The van der Waals surface area contributed by atoms with Crippen molar-refractivity contribution in [1.82, 2.24) is 14.7 Å². The molecule has 0 saturated heterocycles. The van der Waals surface area contributed by atoms with Crippen molar-refractivity contribution in [2.24, 2.45) is 0 Å².